The predicted molar refractivity (Wildman–Crippen MR) is 53.1 cm³/mol. The molecule has 1 aromatic rings. The van der Waals surface area contributed by atoms with Crippen molar-refractivity contribution in [3.8, 4) is 0 Å². The van der Waals surface area contributed by atoms with Gasteiger partial charge in [0, 0.05) is 18.2 Å². The van der Waals surface area contributed by atoms with E-state index in [2.05, 4.69) is 0 Å². The molecule has 0 saturated carbocycles. The van der Waals surface area contributed by atoms with Crippen LogP contribution in [0.2, 0.25) is 0 Å². The Balaban J connectivity index is 2.57. The van der Waals surface area contributed by atoms with Crippen molar-refractivity contribution in [3.63, 3.8) is 0 Å². The molecule has 0 spiro atoms. The molecule has 4 heteroatoms. The maximum absolute atomic E-state index is 10.6. The Morgan fingerprint density at radius 1 is 1.57 bits per heavy atom. The van der Waals surface area contributed by atoms with Gasteiger partial charge in [0.25, 0.3) is 5.69 Å². The number of aryl methyl sites for hydroxylation is 2. The van der Waals surface area contributed by atoms with Crippen molar-refractivity contribution < 1.29 is 4.92 Å². The molecule has 0 bridgehead atoms. The summed E-state index contributed by atoms with van der Waals surface area (Å²) in [6, 6.07) is 3.31. The minimum Gasteiger partial charge on any atom is -0.324 e. The van der Waals surface area contributed by atoms with E-state index >= 15 is 0 Å². The van der Waals surface area contributed by atoms with Gasteiger partial charge in [-0.2, -0.15) is 0 Å². The molecular formula is C10H12N2O2. The monoisotopic (exact) mass is 192 g/mol. The largest absolute Gasteiger partial charge is 0.324 e. The quantitative estimate of drug-likeness (QED) is 0.545. The molecule has 0 aliphatic heterocycles. The molecule has 1 aliphatic rings. The third-order valence-electron chi connectivity index (χ3n) is 2.76. The van der Waals surface area contributed by atoms with Gasteiger partial charge in [-0.05, 0) is 36.5 Å². The maximum atomic E-state index is 10.6. The minimum absolute atomic E-state index is 0.0609. The second-order valence-electron chi connectivity index (χ2n) is 3.74. The summed E-state index contributed by atoms with van der Waals surface area (Å²) in [5.74, 6) is 0. The Labute approximate surface area is 81.9 Å². The Hall–Kier alpha value is -1.42. The lowest BCUT2D eigenvalue weighted by molar-refractivity contribution is -0.385. The molecule has 1 aliphatic carbocycles. The van der Waals surface area contributed by atoms with Crippen LogP contribution in [0.4, 0.5) is 5.69 Å². The fourth-order valence-corrected chi connectivity index (χ4v) is 2.15. The predicted octanol–water partition coefficient (Wildman–Crippen LogP) is 1.85. The second-order valence-corrected chi connectivity index (χ2v) is 3.74. The first-order valence-corrected chi connectivity index (χ1v) is 4.63. The standard InChI is InChI=1S/C10H12N2O2/c1-6-4-8(12(13)14)5-7-2-3-9(11)10(6)7/h4-5,9H,2-3,11H2,1H3/t9-/m0/s1. The number of rotatable bonds is 1. The molecule has 0 heterocycles. The van der Waals surface area contributed by atoms with Gasteiger partial charge >= 0.3 is 0 Å². The first-order valence-electron chi connectivity index (χ1n) is 4.63. The molecule has 2 rings (SSSR count). The molecule has 2 N–H and O–H groups in total. The van der Waals surface area contributed by atoms with Gasteiger partial charge in [0.05, 0.1) is 4.92 Å². The summed E-state index contributed by atoms with van der Waals surface area (Å²) in [4.78, 5) is 10.3. The van der Waals surface area contributed by atoms with Gasteiger partial charge in [-0.3, -0.25) is 10.1 Å². The first-order chi connectivity index (χ1) is 6.59. The van der Waals surface area contributed by atoms with E-state index in [1.165, 1.54) is 0 Å². The number of hydrogen-bond donors (Lipinski definition) is 1. The number of benzene rings is 1. The zero-order valence-corrected chi connectivity index (χ0v) is 7.99. The SMILES string of the molecule is Cc1cc([N+](=O)[O-])cc2c1[C@@H](N)CC2. The summed E-state index contributed by atoms with van der Waals surface area (Å²) in [6.45, 7) is 1.89. The molecule has 1 aromatic carbocycles. The van der Waals surface area contributed by atoms with E-state index in [-0.39, 0.29) is 16.7 Å². The summed E-state index contributed by atoms with van der Waals surface area (Å²) >= 11 is 0. The molecule has 0 unspecified atom stereocenters. The average molecular weight is 192 g/mol. The van der Waals surface area contributed by atoms with Gasteiger partial charge in [0.15, 0.2) is 0 Å². The Kier molecular flexibility index (Phi) is 2.00. The second kappa shape index (κ2) is 3.06. The maximum Gasteiger partial charge on any atom is 0.269 e. The number of nitrogens with zero attached hydrogens (tertiary/aromatic N) is 1. The molecule has 4 nitrogen and oxygen atoms in total. The van der Waals surface area contributed by atoms with Gasteiger partial charge in [-0.1, -0.05) is 0 Å². The number of hydrogen-bond acceptors (Lipinski definition) is 3. The Morgan fingerprint density at radius 2 is 2.29 bits per heavy atom. The molecule has 1 atom stereocenters. The Morgan fingerprint density at radius 3 is 2.93 bits per heavy atom. The van der Waals surface area contributed by atoms with Crippen molar-refractivity contribution in [3.05, 3.63) is 38.9 Å². The highest BCUT2D eigenvalue weighted by molar-refractivity contribution is 5.48. The number of nitro groups is 1. The van der Waals surface area contributed by atoms with Crippen LogP contribution < -0.4 is 5.73 Å². The summed E-state index contributed by atoms with van der Waals surface area (Å²) < 4.78 is 0. The topological polar surface area (TPSA) is 69.2 Å². The van der Waals surface area contributed by atoms with Crippen molar-refractivity contribution >= 4 is 5.69 Å². The lowest BCUT2D eigenvalue weighted by atomic mass is 10.0. The summed E-state index contributed by atoms with van der Waals surface area (Å²) in [7, 11) is 0. The number of non-ortho nitro benzene ring substituents is 1. The van der Waals surface area contributed by atoms with Crippen LogP contribution in [0.25, 0.3) is 0 Å². The van der Waals surface area contributed by atoms with Crippen molar-refractivity contribution in [2.75, 3.05) is 0 Å². The van der Waals surface area contributed by atoms with Gasteiger partial charge < -0.3 is 5.73 Å². The Bertz CT molecular complexity index is 401. The lowest BCUT2D eigenvalue weighted by Crippen LogP contribution is -2.07. The molecule has 0 amide bonds. The smallest absolute Gasteiger partial charge is 0.269 e. The highest BCUT2D eigenvalue weighted by atomic mass is 16.6. The molecule has 0 saturated heterocycles. The summed E-state index contributed by atoms with van der Waals surface area (Å²) in [6.07, 6.45) is 1.76. The molecule has 0 fully saturated rings. The first kappa shape index (κ1) is 9.15. The highest BCUT2D eigenvalue weighted by Crippen LogP contribution is 2.34. The van der Waals surface area contributed by atoms with Crippen LogP contribution in [-0.4, -0.2) is 4.92 Å². The minimum atomic E-state index is -0.350. The van der Waals surface area contributed by atoms with Gasteiger partial charge in [-0.15, -0.1) is 0 Å². The zero-order valence-electron chi connectivity index (χ0n) is 7.99. The average Bonchev–Trinajstić information content (AvgIpc) is 2.48. The summed E-state index contributed by atoms with van der Waals surface area (Å²) in [5.41, 5.74) is 9.18. The summed E-state index contributed by atoms with van der Waals surface area (Å²) in [5, 5.41) is 10.6. The molecular weight excluding hydrogens is 180 g/mol. The van der Waals surface area contributed by atoms with Crippen molar-refractivity contribution in [2.24, 2.45) is 5.73 Å². The van der Waals surface area contributed by atoms with Crippen molar-refractivity contribution in [2.45, 2.75) is 25.8 Å². The molecule has 74 valence electrons. The van der Waals surface area contributed by atoms with Crippen molar-refractivity contribution in [1.29, 1.82) is 0 Å². The van der Waals surface area contributed by atoms with Crippen LogP contribution in [0.3, 0.4) is 0 Å². The van der Waals surface area contributed by atoms with E-state index in [0.29, 0.717) is 0 Å². The third-order valence-corrected chi connectivity index (χ3v) is 2.76. The van der Waals surface area contributed by atoms with Crippen LogP contribution >= 0.6 is 0 Å². The fraction of sp³-hybridized carbons (Fsp3) is 0.400. The normalized spacial score (nSPS) is 19.4. The molecule has 0 aromatic heterocycles. The van der Waals surface area contributed by atoms with E-state index in [0.717, 1.165) is 29.5 Å². The van der Waals surface area contributed by atoms with Crippen LogP contribution in [-0.2, 0) is 6.42 Å². The lowest BCUT2D eigenvalue weighted by Gasteiger charge is -2.08. The van der Waals surface area contributed by atoms with Crippen LogP contribution in [0.5, 0.6) is 0 Å². The van der Waals surface area contributed by atoms with Crippen LogP contribution in [0.1, 0.15) is 29.2 Å². The molecule has 0 radical (unpaired) electrons. The van der Waals surface area contributed by atoms with Crippen molar-refractivity contribution in [1.82, 2.24) is 0 Å². The fourth-order valence-electron chi connectivity index (χ4n) is 2.15. The van der Waals surface area contributed by atoms with E-state index in [9.17, 15) is 10.1 Å². The van der Waals surface area contributed by atoms with E-state index in [1.54, 1.807) is 12.1 Å². The van der Waals surface area contributed by atoms with Crippen LogP contribution in [0.15, 0.2) is 12.1 Å². The molecule has 14 heavy (non-hydrogen) atoms. The van der Waals surface area contributed by atoms with Crippen LogP contribution in [0, 0.1) is 17.0 Å². The van der Waals surface area contributed by atoms with Gasteiger partial charge in [0.2, 0.25) is 0 Å². The highest BCUT2D eigenvalue weighted by Gasteiger charge is 2.23. The van der Waals surface area contributed by atoms with E-state index < -0.39 is 0 Å². The number of fused-ring (bicyclic) bond motifs is 1. The van der Waals surface area contributed by atoms with Gasteiger partial charge in [0.1, 0.15) is 0 Å². The number of nitro benzene ring substituents is 1. The van der Waals surface area contributed by atoms with Gasteiger partial charge in [-0.25, -0.2) is 0 Å². The third kappa shape index (κ3) is 1.28. The van der Waals surface area contributed by atoms with E-state index in [1.807, 2.05) is 6.92 Å². The van der Waals surface area contributed by atoms with E-state index in [4.69, 9.17) is 5.73 Å². The zero-order chi connectivity index (χ0) is 10.3. The number of nitrogens with two attached hydrogens (primary N) is 1.